The first-order valence-electron chi connectivity index (χ1n) is 6.07. The van der Waals surface area contributed by atoms with Crippen LogP contribution in [0.3, 0.4) is 0 Å². The largest absolute Gasteiger partial charge is 0.398 e. The Kier molecular flexibility index (Phi) is 4.17. The molecule has 0 heterocycles. The van der Waals surface area contributed by atoms with E-state index >= 15 is 0 Å². The van der Waals surface area contributed by atoms with Crippen molar-refractivity contribution in [2.24, 2.45) is 5.41 Å². The van der Waals surface area contributed by atoms with Crippen LogP contribution in [0.1, 0.15) is 38.8 Å². The second kappa shape index (κ2) is 5.22. The Morgan fingerprint density at radius 3 is 2.35 bits per heavy atom. The molecule has 1 aromatic carbocycles. The molecule has 0 bridgehead atoms. The first-order chi connectivity index (χ1) is 7.88. The lowest BCUT2D eigenvalue weighted by Crippen LogP contribution is -2.11. The Bertz CT molecular complexity index is 425. The molecule has 0 aliphatic heterocycles. The monoisotopic (exact) mass is 229 g/mol. The van der Waals surface area contributed by atoms with E-state index < -0.39 is 0 Å². The van der Waals surface area contributed by atoms with Crippen LogP contribution in [0, 0.1) is 12.3 Å². The van der Waals surface area contributed by atoms with Gasteiger partial charge < -0.3 is 5.73 Å². The van der Waals surface area contributed by atoms with Crippen molar-refractivity contribution in [1.29, 1.82) is 0 Å². The maximum Gasteiger partial charge on any atom is 0.0393 e. The molecule has 1 nitrogen and oxygen atoms in total. The SMILES string of the molecule is C/C=C\C=C(/c1c(C)cccc1N)C(C)(C)C. The van der Waals surface area contributed by atoms with Gasteiger partial charge in [-0.05, 0) is 36.5 Å². The minimum absolute atomic E-state index is 0.0831. The topological polar surface area (TPSA) is 26.0 Å². The van der Waals surface area contributed by atoms with Gasteiger partial charge in [0.1, 0.15) is 0 Å². The Morgan fingerprint density at radius 1 is 1.24 bits per heavy atom. The van der Waals surface area contributed by atoms with E-state index in [2.05, 4.69) is 45.9 Å². The predicted octanol–water partition coefficient (Wildman–Crippen LogP) is 4.58. The smallest absolute Gasteiger partial charge is 0.0393 e. The molecule has 92 valence electrons. The first kappa shape index (κ1) is 13.6. The summed E-state index contributed by atoms with van der Waals surface area (Å²) in [6.45, 7) is 10.8. The van der Waals surface area contributed by atoms with Crippen molar-refractivity contribution in [2.75, 3.05) is 5.73 Å². The maximum atomic E-state index is 6.13. The fraction of sp³-hybridized carbons (Fsp3) is 0.375. The number of aryl methyl sites for hydroxylation is 1. The molecular formula is C16H23N. The van der Waals surface area contributed by atoms with Gasteiger partial charge in [-0.2, -0.15) is 0 Å². The average Bonchev–Trinajstić information content (AvgIpc) is 2.20. The summed E-state index contributed by atoms with van der Waals surface area (Å²) in [5.74, 6) is 0. The van der Waals surface area contributed by atoms with E-state index in [-0.39, 0.29) is 5.41 Å². The zero-order valence-corrected chi connectivity index (χ0v) is 11.5. The second-order valence-electron chi connectivity index (χ2n) is 5.40. The van der Waals surface area contributed by atoms with E-state index in [0.29, 0.717) is 0 Å². The molecule has 1 aromatic rings. The van der Waals surface area contributed by atoms with Crippen LogP contribution in [0.5, 0.6) is 0 Å². The van der Waals surface area contributed by atoms with Gasteiger partial charge in [0.25, 0.3) is 0 Å². The van der Waals surface area contributed by atoms with Crippen LogP contribution >= 0.6 is 0 Å². The molecule has 0 fully saturated rings. The highest BCUT2D eigenvalue weighted by Crippen LogP contribution is 2.38. The zero-order valence-electron chi connectivity index (χ0n) is 11.5. The normalized spacial score (nSPS) is 13.4. The summed E-state index contributed by atoms with van der Waals surface area (Å²) < 4.78 is 0. The van der Waals surface area contributed by atoms with Crippen molar-refractivity contribution in [3.8, 4) is 0 Å². The highest BCUT2D eigenvalue weighted by Gasteiger charge is 2.21. The lowest BCUT2D eigenvalue weighted by molar-refractivity contribution is 0.566. The number of nitrogens with two attached hydrogens (primary N) is 1. The van der Waals surface area contributed by atoms with Gasteiger partial charge in [-0.25, -0.2) is 0 Å². The molecule has 0 aliphatic rings. The lowest BCUT2D eigenvalue weighted by atomic mass is 9.79. The van der Waals surface area contributed by atoms with Crippen molar-refractivity contribution in [2.45, 2.75) is 34.6 Å². The molecule has 0 unspecified atom stereocenters. The lowest BCUT2D eigenvalue weighted by Gasteiger charge is -2.25. The molecule has 0 spiro atoms. The third-order valence-corrected chi connectivity index (χ3v) is 2.84. The van der Waals surface area contributed by atoms with Crippen molar-refractivity contribution in [3.05, 3.63) is 47.6 Å². The van der Waals surface area contributed by atoms with Crippen LogP contribution in [0.2, 0.25) is 0 Å². The summed E-state index contributed by atoms with van der Waals surface area (Å²) in [5.41, 5.74) is 10.8. The van der Waals surface area contributed by atoms with E-state index in [9.17, 15) is 0 Å². The number of hydrogen-bond donors (Lipinski definition) is 1. The van der Waals surface area contributed by atoms with Crippen LogP contribution in [-0.2, 0) is 0 Å². The Labute approximate surface area is 105 Å². The molecule has 1 heteroatoms. The Balaban J connectivity index is 3.43. The van der Waals surface area contributed by atoms with Gasteiger partial charge in [0, 0.05) is 11.3 Å². The Hall–Kier alpha value is -1.50. The van der Waals surface area contributed by atoms with Gasteiger partial charge >= 0.3 is 0 Å². The maximum absolute atomic E-state index is 6.13. The fourth-order valence-corrected chi connectivity index (χ4v) is 1.96. The van der Waals surface area contributed by atoms with Gasteiger partial charge in [0.15, 0.2) is 0 Å². The Morgan fingerprint density at radius 2 is 1.88 bits per heavy atom. The van der Waals surface area contributed by atoms with Crippen LogP contribution in [0.15, 0.2) is 36.4 Å². The predicted molar refractivity (Wildman–Crippen MR) is 77.8 cm³/mol. The standard InChI is InChI=1S/C16H23N/c1-6-7-10-13(16(3,4)5)15-12(2)9-8-11-14(15)17/h6-11H,17H2,1-5H3/b7-6-,13-10+. The summed E-state index contributed by atoms with van der Waals surface area (Å²) in [6.07, 6.45) is 6.28. The van der Waals surface area contributed by atoms with E-state index in [1.165, 1.54) is 16.7 Å². The minimum atomic E-state index is 0.0831. The van der Waals surface area contributed by atoms with E-state index in [1.54, 1.807) is 0 Å². The molecule has 0 radical (unpaired) electrons. The van der Waals surface area contributed by atoms with Gasteiger partial charge in [-0.3, -0.25) is 0 Å². The summed E-state index contributed by atoms with van der Waals surface area (Å²) in [6, 6.07) is 6.09. The van der Waals surface area contributed by atoms with Crippen molar-refractivity contribution >= 4 is 11.3 Å². The molecule has 0 aliphatic carbocycles. The van der Waals surface area contributed by atoms with Crippen LogP contribution in [-0.4, -0.2) is 0 Å². The molecular weight excluding hydrogens is 206 g/mol. The summed E-state index contributed by atoms with van der Waals surface area (Å²) in [4.78, 5) is 0. The molecule has 0 atom stereocenters. The van der Waals surface area contributed by atoms with E-state index in [0.717, 1.165) is 5.69 Å². The number of anilines is 1. The average molecular weight is 229 g/mol. The van der Waals surface area contributed by atoms with Crippen molar-refractivity contribution in [1.82, 2.24) is 0 Å². The van der Waals surface area contributed by atoms with Crippen molar-refractivity contribution < 1.29 is 0 Å². The zero-order chi connectivity index (χ0) is 13.1. The van der Waals surface area contributed by atoms with Crippen LogP contribution in [0.25, 0.3) is 5.57 Å². The number of rotatable bonds is 2. The molecule has 2 N–H and O–H groups in total. The molecule has 0 amide bonds. The number of allylic oxidation sites excluding steroid dienone is 4. The first-order valence-corrected chi connectivity index (χ1v) is 6.07. The number of hydrogen-bond acceptors (Lipinski definition) is 1. The van der Waals surface area contributed by atoms with E-state index in [1.807, 2.05) is 25.1 Å². The quantitative estimate of drug-likeness (QED) is 0.583. The molecule has 0 saturated heterocycles. The van der Waals surface area contributed by atoms with Crippen LogP contribution in [0.4, 0.5) is 5.69 Å². The summed E-state index contributed by atoms with van der Waals surface area (Å²) >= 11 is 0. The van der Waals surface area contributed by atoms with Crippen LogP contribution < -0.4 is 5.73 Å². The number of nitrogen functional groups attached to an aromatic ring is 1. The van der Waals surface area contributed by atoms with Crippen molar-refractivity contribution in [3.63, 3.8) is 0 Å². The van der Waals surface area contributed by atoms with Gasteiger partial charge in [0.2, 0.25) is 0 Å². The molecule has 17 heavy (non-hydrogen) atoms. The fourth-order valence-electron chi connectivity index (χ4n) is 1.96. The third-order valence-electron chi connectivity index (χ3n) is 2.84. The minimum Gasteiger partial charge on any atom is -0.398 e. The molecule has 0 saturated carbocycles. The van der Waals surface area contributed by atoms with Gasteiger partial charge in [-0.15, -0.1) is 0 Å². The second-order valence-corrected chi connectivity index (χ2v) is 5.40. The summed E-state index contributed by atoms with van der Waals surface area (Å²) in [5, 5.41) is 0. The highest BCUT2D eigenvalue weighted by molar-refractivity contribution is 5.80. The molecule has 0 aromatic heterocycles. The van der Waals surface area contributed by atoms with Gasteiger partial charge in [-0.1, -0.05) is 51.1 Å². The third kappa shape index (κ3) is 3.23. The number of benzene rings is 1. The highest BCUT2D eigenvalue weighted by atomic mass is 14.6. The summed E-state index contributed by atoms with van der Waals surface area (Å²) in [7, 11) is 0. The molecule has 1 rings (SSSR count). The van der Waals surface area contributed by atoms with Gasteiger partial charge in [0.05, 0.1) is 0 Å². The van der Waals surface area contributed by atoms with E-state index in [4.69, 9.17) is 5.73 Å².